The lowest BCUT2D eigenvalue weighted by molar-refractivity contribution is -0.148. The highest BCUT2D eigenvalue weighted by Gasteiger charge is 2.30. The van der Waals surface area contributed by atoms with Gasteiger partial charge in [-0.05, 0) is 34.1 Å². The number of carboxylic acids is 1. The van der Waals surface area contributed by atoms with E-state index in [1.54, 1.807) is 0 Å². The molecule has 35 heavy (non-hydrogen) atoms. The fraction of sp³-hybridized carbons (Fsp3) is 0.444. The first-order valence-electron chi connectivity index (χ1n) is 11.7. The van der Waals surface area contributed by atoms with E-state index >= 15 is 0 Å². The van der Waals surface area contributed by atoms with Crippen LogP contribution in [0.15, 0.2) is 48.5 Å². The summed E-state index contributed by atoms with van der Waals surface area (Å²) in [6.07, 6.45) is -1.18. The number of fused-ring (bicyclic) bond motifs is 3. The van der Waals surface area contributed by atoms with E-state index in [1.807, 2.05) is 45.0 Å². The third-order valence-corrected chi connectivity index (χ3v) is 6.00. The summed E-state index contributed by atoms with van der Waals surface area (Å²) in [6, 6.07) is 15.7. The summed E-state index contributed by atoms with van der Waals surface area (Å²) in [7, 11) is 1.27. The van der Waals surface area contributed by atoms with Crippen molar-refractivity contribution in [3.05, 3.63) is 59.7 Å². The lowest BCUT2D eigenvalue weighted by Crippen LogP contribution is -2.44. The summed E-state index contributed by atoms with van der Waals surface area (Å²) in [5.41, 5.74) is 4.39. The quantitative estimate of drug-likeness (QED) is 0.473. The van der Waals surface area contributed by atoms with E-state index in [9.17, 15) is 14.4 Å². The monoisotopic (exact) mass is 482 g/mol. The van der Waals surface area contributed by atoms with Crippen molar-refractivity contribution < 1.29 is 29.0 Å². The fourth-order valence-electron chi connectivity index (χ4n) is 4.49. The Hall–Kier alpha value is -3.39. The Morgan fingerprint density at radius 3 is 2.09 bits per heavy atom. The summed E-state index contributed by atoms with van der Waals surface area (Å²) in [5.74, 6) is -1.59. The normalized spacial score (nSPS) is 14.4. The van der Waals surface area contributed by atoms with Crippen LogP contribution in [0.3, 0.4) is 0 Å². The summed E-state index contributed by atoms with van der Waals surface area (Å²) in [5, 5.41) is 14.5. The van der Waals surface area contributed by atoms with Crippen molar-refractivity contribution in [2.75, 3.05) is 20.3 Å². The van der Waals surface area contributed by atoms with Crippen molar-refractivity contribution >= 4 is 18.0 Å². The molecule has 2 amide bonds. The molecule has 8 nitrogen and oxygen atoms in total. The van der Waals surface area contributed by atoms with Crippen LogP contribution in [-0.4, -0.2) is 55.5 Å². The topological polar surface area (TPSA) is 114 Å². The van der Waals surface area contributed by atoms with Gasteiger partial charge >= 0.3 is 12.1 Å². The molecule has 2 aromatic carbocycles. The number of amides is 2. The summed E-state index contributed by atoms with van der Waals surface area (Å²) in [6.45, 7) is 6.08. The lowest BCUT2D eigenvalue weighted by Gasteiger charge is -2.26. The third-order valence-electron chi connectivity index (χ3n) is 6.00. The van der Waals surface area contributed by atoms with Crippen molar-refractivity contribution in [2.24, 2.45) is 5.41 Å². The van der Waals surface area contributed by atoms with Gasteiger partial charge in [0, 0.05) is 25.5 Å². The van der Waals surface area contributed by atoms with Crippen molar-refractivity contribution in [1.29, 1.82) is 0 Å². The highest BCUT2D eigenvalue weighted by atomic mass is 16.5. The van der Waals surface area contributed by atoms with E-state index in [4.69, 9.17) is 14.6 Å². The number of nitrogens with one attached hydrogen (secondary N) is 2. The van der Waals surface area contributed by atoms with Crippen molar-refractivity contribution in [1.82, 2.24) is 10.6 Å². The smallest absolute Gasteiger partial charge is 0.407 e. The second-order valence-corrected chi connectivity index (χ2v) is 10.0. The summed E-state index contributed by atoms with van der Waals surface area (Å²) >= 11 is 0. The van der Waals surface area contributed by atoms with Crippen LogP contribution in [0, 0.1) is 5.41 Å². The molecule has 0 saturated carbocycles. The van der Waals surface area contributed by atoms with Crippen LogP contribution in [0.4, 0.5) is 4.79 Å². The number of aliphatic carboxylic acids is 1. The van der Waals surface area contributed by atoms with Gasteiger partial charge in [0.25, 0.3) is 0 Å². The molecule has 188 valence electrons. The van der Waals surface area contributed by atoms with Gasteiger partial charge in [-0.2, -0.15) is 0 Å². The van der Waals surface area contributed by atoms with E-state index in [2.05, 4.69) is 34.9 Å². The van der Waals surface area contributed by atoms with E-state index in [1.165, 1.54) is 7.11 Å². The number of methoxy groups -OCH3 is 1. The molecule has 3 rings (SSSR count). The number of rotatable bonds is 10. The molecule has 2 unspecified atom stereocenters. The highest BCUT2D eigenvalue weighted by Crippen LogP contribution is 2.44. The highest BCUT2D eigenvalue weighted by molar-refractivity contribution is 5.80. The number of hydrogen-bond acceptors (Lipinski definition) is 5. The molecule has 0 saturated heterocycles. The molecule has 2 atom stereocenters. The lowest BCUT2D eigenvalue weighted by atomic mass is 9.87. The number of benzene rings is 2. The zero-order chi connectivity index (χ0) is 25.6. The Labute approximate surface area is 206 Å². The molecule has 1 aliphatic rings. The first-order valence-corrected chi connectivity index (χ1v) is 11.7. The predicted octanol–water partition coefficient (Wildman–Crippen LogP) is 3.94. The zero-order valence-electron chi connectivity index (χ0n) is 20.7. The van der Waals surface area contributed by atoms with E-state index in [0.717, 1.165) is 22.3 Å². The van der Waals surface area contributed by atoms with Gasteiger partial charge in [0.1, 0.15) is 6.61 Å². The number of carbonyl (C=O) groups excluding carboxylic acids is 2. The maximum Gasteiger partial charge on any atom is 0.407 e. The average Bonchev–Trinajstić information content (AvgIpc) is 3.10. The Balaban J connectivity index is 1.61. The van der Waals surface area contributed by atoms with Gasteiger partial charge in [-0.1, -0.05) is 69.3 Å². The summed E-state index contributed by atoms with van der Waals surface area (Å²) in [4.78, 5) is 36.3. The van der Waals surface area contributed by atoms with Crippen LogP contribution in [0.25, 0.3) is 11.1 Å². The molecular formula is C27H34N2O6. The summed E-state index contributed by atoms with van der Waals surface area (Å²) < 4.78 is 10.5. The van der Waals surface area contributed by atoms with Crippen LogP contribution in [0.1, 0.15) is 50.7 Å². The molecular weight excluding hydrogens is 448 g/mol. The zero-order valence-corrected chi connectivity index (χ0v) is 20.7. The molecule has 8 heteroatoms. The molecule has 0 aliphatic heterocycles. The van der Waals surface area contributed by atoms with Gasteiger partial charge in [-0.15, -0.1) is 0 Å². The largest absolute Gasteiger partial charge is 0.479 e. The molecule has 0 bridgehead atoms. The Kier molecular flexibility index (Phi) is 8.51. The Morgan fingerprint density at radius 1 is 1.00 bits per heavy atom. The molecule has 0 radical (unpaired) electrons. The Bertz CT molecular complexity index is 1020. The fourth-order valence-corrected chi connectivity index (χ4v) is 4.49. The minimum Gasteiger partial charge on any atom is -0.479 e. The average molecular weight is 483 g/mol. The van der Waals surface area contributed by atoms with Crippen LogP contribution in [0.5, 0.6) is 0 Å². The first-order chi connectivity index (χ1) is 16.6. The van der Waals surface area contributed by atoms with Crippen molar-refractivity contribution in [2.45, 2.75) is 51.7 Å². The van der Waals surface area contributed by atoms with Gasteiger partial charge in [0.2, 0.25) is 5.91 Å². The second-order valence-electron chi connectivity index (χ2n) is 10.0. The van der Waals surface area contributed by atoms with Crippen molar-refractivity contribution in [3.8, 4) is 11.1 Å². The van der Waals surface area contributed by atoms with E-state index in [-0.39, 0.29) is 36.8 Å². The van der Waals surface area contributed by atoms with Crippen molar-refractivity contribution in [3.63, 3.8) is 0 Å². The maximum atomic E-state index is 12.7. The van der Waals surface area contributed by atoms with Gasteiger partial charge in [0.15, 0.2) is 6.10 Å². The maximum absolute atomic E-state index is 12.7. The third kappa shape index (κ3) is 7.05. The molecule has 3 N–H and O–H groups in total. The molecule has 1 aliphatic carbocycles. The molecule has 0 spiro atoms. The van der Waals surface area contributed by atoms with E-state index in [0.29, 0.717) is 6.42 Å². The van der Waals surface area contributed by atoms with Gasteiger partial charge in [0.05, 0.1) is 6.54 Å². The number of carbonyl (C=O) groups is 3. The SMILES string of the molecule is COC(CNC(=O)CC(CC(C)(C)C)NC(=O)OCC1c2ccccc2-c2ccccc21)C(=O)O. The van der Waals surface area contributed by atoms with Crippen LogP contribution >= 0.6 is 0 Å². The number of ether oxygens (including phenoxy) is 2. The van der Waals surface area contributed by atoms with Crippen LogP contribution < -0.4 is 10.6 Å². The molecule has 2 aromatic rings. The van der Waals surface area contributed by atoms with Gasteiger partial charge in [-0.3, -0.25) is 4.79 Å². The number of hydrogen-bond donors (Lipinski definition) is 3. The predicted molar refractivity (Wildman–Crippen MR) is 132 cm³/mol. The second kappa shape index (κ2) is 11.4. The first kappa shape index (κ1) is 26.2. The van der Waals surface area contributed by atoms with Crippen LogP contribution in [-0.2, 0) is 19.1 Å². The Morgan fingerprint density at radius 2 is 1.57 bits per heavy atom. The standard InChI is InChI=1S/C27H34N2O6/c1-27(2,3)14-17(13-24(30)28-15-23(34-4)25(31)32)29-26(33)35-16-22-20-11-7-5-9-18(20)19-10-6-8-12-21(19)22/h5-12,17,22-23H,13-16H2,1-4H3,(H,28,30)(H,29,33)(H,31,32). The minimum atomic E-state index is -1.16. The molecule has 0 heterocycles. The minimum absolute atomic E-state index is 0.00246. The molecule has 0 fully saturated rings. The number of alkyl carbamates (subject to hydrolysis) is 1. The number of carboxylic acid groups (broad SMARTS) is 1. The molecule has 0 aromatic heterocycles. The van der Waals surface area contributed by atoms with Crippen LogP contribution in [0.2, 0.25) is 0 Å². The van der Waals surface area contributed by atoms with Gasteiger partial charge < -0.3 is 25.2 Å². The van der Waals surface area contributed by atoms with Gasteiger partial charge in [-0.25, -0.2) is 9.59 Å². The van der Waals surface area contributed by atoms with E-state index < -0.39 is 24.2 Å².